The number of halogens is 1. The van der Waals surface area contributed by atoms with Gasteiger partial charge in [0.25, 0.3) is 0 Å². The van der Waals surface area contributed by atoms with E-state index in [-0.39, 0.29) is 18.7 Å². The van der Waals surface area contributed by atoms with Gasteiger partial charge < -0.3 is 14.8 Å². The first kappa shape index (κ1) is 11.8. The lowest BCUT2D eigenvalue weighted by molar-refractivity contribution is 0.174. The summed E-state index contributed by atoms with van der Waals surface area (Å²) in [7, 11) is 0. The summed E-state index contributed by atoms with van der Waals surface area (Å²) in [5.41, 5.74) is 1.51. The SMILES string of the molecule is CC(Nc1ccccc1F)c1ccc2c(c1)OCO2. The minimum Gasteiger partial charge on any atom is -0.454 e. The predicted molar refractivity (Wildman–Crippen MR) is 71.0 cm³/mol. The van der Waals surface area contributed by atoms with Crippen molar-refractivity contribution in [2.45, 2.75) is 13.0 Å². The van der Waals surface area contributed by atoms with Gasteiger partial charge in [0.05, 0.1) is 5.69 Å². The lowest BCUT2D eigenvalue weighted by atomic mass is 10.1. The Bertz CT molecular complexity index is 600. The number of fused-ring (bicyclic) bond motifs is 1. The van der Waals surface area contributed by atoms with E-state index >= 15 is 0 Å². The zero-order chi connectivity index (χ0) is 13.2. The van der Waals surface area contributed by atoms with E-state index in [1.54, 1.807) is 18.2 Å². The highest BCUT2D eigenvalue weighted by Crippen LogP contribution is 2.34. The monoisotopic (exact) mass is 259 g/mol. The van der Waals surface area contributed by atoms with Crippen molar-refractivity contribution < 1.29 is 13.9 Å². The summed E-state index contributed by atoms with van der Waals surface area (Å²) < 4.78 is 24.2. The first-order valence-corrected chi connectivity index (χ1v) is 6.14. The maximum absolute atomic E-state index is 13.6. The van der Waals surface area contributed by atoms with Gasteiger partial charge >= 0.3 is 0 Å². The molecule has 1 aliphatic rings. The summed E-state index contributed by atoms with van der Waals surface area (Å²) in [6.45, 7) is 2.23. The third-order valence-electron chi connectivity index (χ3n) is 3.14. The summed E-state index contributed by atoms with van der Waals surface area (Å²) in [6, 6.07) is 12.4. The number of hydrogen-bond acceptors (Lipinski definition) is 3. The van der Waals surface area contributed by atoms with E-state index in [1.165, 1.54) is 6.07 Å². The van der Waals surface area contributed by atoms with E-state index in [2.05, 4.69) is 5.32 Å². The van der Waals surface area contributed by atoms with Crippen LogP contribution in [0.1, 0.15) is 18.5 Å². The molecule has 0 spiro atoms. The molecule has 98 valence electrons. The molecule has 19 heavy (non-hydrogen) atoms. The average molecular weight is 259 g/mol. The molecule has 0 fully saturated rings. The van der Waals surface area contributed by atoms with Crippen molar-refractivity contribution in [1.29, 1.82) is 0 Å². The molecule has 0 aliphatic carbocycles. The van der Waals surface area contributed by atoms with Gasteiger partial charge in [-0.05, 0) is 36.8 Å². The van der Waals surface area contributed by atoms with Crippen molar-refractivity contribution in [3.63, 3.8) is 0 Å². The van der Waals surface area contributed by atoms with E-state index in [0.29, 0.717) is 5.69 Å². The number of nitrogens with one attached hydrogen (secondary N) is 1. The molecule has 3 rings (SSSR count). The summed E-state index contributed by atoms with van der Waals surface area (Å²) in [5.74, 6) is 1.23. The van der Waals surface area contributed by atoms with Gasteiger partial charge in [0.1, 0.15) is 5.82 Å². The summed E-state index contributed by atoms with van der Waals surface area (Å²) >= 11 is 0. The zero-order valence-electron chi connectivity index (χ0n) is 10.5. The van der Waals surface area contributed by atoms with Gasteiger partial charge in [-0.1, -0.05) is 18.2 Å². The maximum atomic E-state index is 13.6. The van der Waals surface area contributed by atoms with Crippen LogP contribution in [0.3, 0.4) is 0 Å². The van der Waals surface area contributed by atoms with E-state index in [4.69, 9.17) is 9.47 Å². The van der Waals surface area contributed by atoms with Crippen LogP contribution < -0.4 is 14.8 Å². The fourth-order valence-electron chi connectivity index (χ4n) is 2.08. The number of hydrogen-bond donors (Lipinski definition) is 1. The van der Waals surface area contributed by atoms with E-state index in [0.717, 1.165) is 17.1 Å². The number of rotatable bonds is 3. The van der Waals surface area contributed by atoms with Gasteiger partial charge in [-0.15, -0.1) is 0 Å². The van der Waals surface area contributed by atoms with Crippen molar-refractivity contribution in [1.82, 2.24) is 0 Å². The van der Waals surface area contributed by atoms with Crippen LogP contribution in [-0.2, 0) is 0 Å². The lowest BCUT2D eigenvalue weighted by Crippen LogP contribution is -2.07. The Morgan fingerprint density at radius 2 is 1.89 bits per heavy atom. The molecule has 0 amide bonds. The second-order valence-corrected chi connectivity index (χ2v) is 4.46. The van der Waals surface area contributed by atoms with Gasteiger partial charge in [-0.3, -0.25) is 0 Å². The normalized spacial score (nSPS) is 14.2. The summed E-state index contributed by atoms with van der Waals surface area (Å²) in [6.07, 6.45) is 0. The molecule has 0 bridgehead atoms. The van der Waals surface area contributed by atoms with Crippen LogP contribution in [0.25, 0.3) is 0 Å². The molecule has 1 N–H and O–H groups in total. The molecule has 0 radical (unpaired) electrons. The Hall–Kier alpha value is -2.23. The molecule has 1 heterocycles. The molecular weight excluding hydrogens is 245 g/mol. The van der Waals surface area contributed by atoms with Crippen molar-refractivity contribution in [3.05, 3.63) is 53.8 Å². The topological polar surface area (TPSA) is 30.5 Å². The van der Waals surface area contributed by atoms with Gasteiger partial charge in [-0.25, -0.2) is 4.39 Å². The van der Waals surface area contributed by atoms with Gasteiger partial charge in [0.2, 0.25) is 6.79 Å². The number of para-hydroxylation sites is 1. The molecule has 3 nitrogen and oxygen atoms in total. The fourth-order valence-corrected chi connectivity index (χ4v) is 2.08. The van der Waals surface area contributed by atoms with Crippen LogP contribution in [0.4, 0.5) is 10.1 Å². The van der Waals surface area contributed by atoms with Crippen LogP contribution in [0.15, 0.2) is 42.5 Å². The predicted octanol–water partition coefficient (Wildman–Crippen LogP) is 3.73. The van der Waals surface area contributed by atoms with Crippen molar-refractivity contribution in [3.8, 4) is 11.5 Å². The van der Waals surface area contributed by atoms with E-state index in [9.17, 15) is 4.39 Å². The average Bonchev–Trinajstić information content (AvgIpc) is 2.88. The standard InChI is InChI=1S/C15H14FNO2/c1-10(17-13-5-3-2-4-12(13)16)11-6-7-14-15(8-11)19-9-18-14/h2-8,10,17H,9H2,1H3. The van der Waals surface area contributed by atoms with Crippen molar-refractivity contribution in [2.75, 3.05) is 12.1 Å². The van der Waals surface area contributed by atoms with Crippen LogP contribution in [-0.4, -0.2) is 6.79 Å². The van der Waals surface area contributed by atoms with E-state index < -0.39 is 0 Å². The van der Waals surface area contributed by atoms with Crippen LogP contribution in [0.5, 0.6) is 11.5 Å². The first-order chi connectivity index (χ1) is 9.24. The highest BCUT2D eigenvalue weighted by molar-refractivity contribution is 5.49. The number of anilines is 1. The minimum atomic E-state index is -0.255. The van der Waals surface area contributed by atoms with Crippen LogP contribution in [0, 0.1) is 5.82 Å². The van der Waals surface area contributed by atoms with Crippen molar-refractivity contribution >= 4 is 5.69 Å². The highest BCUT2D eigenvalue weighted by Gasteiger charge is 2.16. The van der Waals surface area contributed by atoms with Gasteiger partial charge in [0.15, 0.2) is 11.5 Å². The Labute approximate surface area is 111 Å². The molecule has 1 atom stereocenters. The smallest absolute Gasteiger partial charge is 0.231 e. The molecular formula is C15H14FNO2. The molecule has 2 aromatic carbocycles. The van der Waals surface area contributed by atoms with Gasteiger partial charge in [-0.2, -0.15) is 0 Å². The van der Waals surface area contributed by atoms with E-state index in [1.807, 2.05) is 25.1 Å². The maximum Gasteiger partial charge on any atom is 0.231 e. The molecule has 0 saturated carbocycles. The number of ether oxygens (including phenoxy) is 2. The Morgan fingerprint density at radius 3 is 2.74 bits per heavy atom. The fraction of sp³-hybridized carbons (Fsp3) is 0.200. The minimum absolute atomic E-state index is 0.0219. The summed E-state index contributed by atoms with van der Waals surface area (Å²) in [5, 5.41) is 3.15. The van der Waals surface area contributed by atoms with Crippen LogP contribution >= 0.6 is 0 Å². The number of benzene rings is 2. The van der Waals surface area contributed by atoms with Crippen molar-refractivity contribution in [2.24, 2.45) is 0 Å². The Balaban J connectivity index is 1.81. The second kappa shape index (κ2) is 4.80. The molecule has 1 aliphatic heterocycles. The third-order valence-corrected chi connectivity index (χ3v) is 3.14. The lowest BCUT2D eigenvalue weighted by Gasteiger charge is -2.16. The summed E-state index contributed by atoms with van der Waals surface area (Å²) in [4.78, 5) is 0. The largest absolute Gasteiger partial charge is 0.454 e. The Morgan fingerprint density at radius 1 is 1.11 bits per heavy atom. The molecule has 4 heteroatoms. The molecule has 0 aromatic heterocycles. The Kier molecular flexibility index (Phi) is 2.99. The quantitative estimate of drug-likeness (QED) is 0.911. The first-order valence-electron chi connectivity index (χ1n) is 6.14. The molecule has 2 aromatic rings. The van der Waals surface area contributed by atoms with Crippen LogP contribution in [0.2, 0.25) is 0 Å². The zero-order valence-corrected chi connectivity index (χ0v) is 10.5. The third kappa shape index (κ3) is 2.34. The molecule has 1 unspecified atom stereocenters. The van der Waals surface area contributed by atoms with Gasteiger partial charge in [0, 0.05) is 6.04 Å². The highest BCUT2D eigenvalue weighted by atomic mass is 19.1. The molecule has 0 saturated heterocycles. The second-order valence-electron chi connectivity index (χ2n) is 4.46.